The quantitative estimate of drug-likeness (QED) is 0.414. The van der Waals surface area contributed by atoms with Crippen molar-refractivity contribution < 1.29 is 14.3 Å². The fourth-order valence-electron chi connectivity index (χ4n) is 5.54. The van der Waals surface area contributed by atoms with E-state index in [2.05, 4.69) is 44.9 Å². The third kappa shape index (κ3) is 5.37. The molecule has 2 atom stereocenters. The molecule has 1 heterocycles. The molecule has 0 N–H and O–H groups in total. The van der Waals surface area contributed by atoms with E-state index in [1.165, 1.54) is 11.1 Å². The number of fused-ring (bicyclic) bond motifs is 1. The van der Waals surface area contributed by atoms with Gasteiger partial charge in [-0.05, 0) is 87.0 Å². The molecule has 0 fully saturated rings. The van der Waals surface area contributed by atoms with E-state index in [4.69, 9.17) is 9.47 Å². The molecule has 36 heavy (non-hydrogen) atoms. The average Bonchev–Trinajstić information content (AvgIpc) is 2.89. The second-order valence-corrected chi connectivity index (χ2v) is 10.2. The standard InChI is InChI=1S/C30H41N3O3/c1-21(2)30(20-31,24-11-8-12-25(19-24)35-6)16-10-17-32(5)22(3)26-14-15-28(36-7)29-27(26)13-9-18-33(29)23(4)34/h8,11-12,14-15,19,21-22H,9-10,13,16-18H2,1-7H3. The largest absolute Gasteiger partial charge is 0.497 e. The Bertz CT molecular complexity index is 1110. The van der Waals surface area contributed by atoms with Crippen molar-refractivity contribution in [2.24, 2.45) is 5.92 Å². The minimum atomic E-state index is -0.570. The molecule has 194 valence electrons. The minimum Gasteiger partial charge on any atom is -0.497 e. The van der Waals surface area contributed by atoms with Gasteiger partial charge in [-0.3, -0.25) is 9.69 Å². The highest BCUT2D eigenvalue weighted by Crippen LogP contribution is 2.42. The van der Waals surface area contributed by atoms with Gasteiger partial charge < -0.3 is 14.4 Å². The molecule has 1 aliphatic heterocycles. The van der Waals surface area contributed by atoms with Gasteiger partial charge in [-0.25, -0.2) is 0 Å². The van der Waals surface area contributed by atoms with Crippen molar-refractivity contribution in [1.82, 2.24) is 4.90 Å². The van der Waals surface area contributed by atoms with E-state index in [1.807, 2.05) is 35.2 Å². The van der Waals surface area contributed by atoms with E-state index < -0.39 is 5.41 Å². The van der Waals surface area contributed by atoms with Gasteiger partial charge >= 0.3 is 0 Å². The van der Waals surface area contributed by atoms with Gasteiger partial charge in [0.2, 0.25) is 5.91 Å². The normalized spacial score (nSPS) is 15.7. The lowest BCUT2D eigenvalue weighted by Gasteiger charge is -2.35. The van der Waals surface area contributed by atoms with Crippen LogP contribution in [0.4, 0.5) is 5.69 Å². The van der Waals surface area contributed by atoms with Gasteiger partial charge in [0.05, 0.1) is 31.4 Å². The molecule has 2 aromatic carbocycles. The topological polar surface area (TPSA) is 65.8 Å². The van der Waals surface area contributed by atoms with Crippen LogP contribution in [0.3, 0.4) is 0 Å². The van der Waals surface area contributed by atoms with E-state index in [1.54, 1.807) is 21.1 Å². The summed E-state index contributed by atoms with van der Waals surface area (Å²) in [4.78, 5) is 16.5. The SMILES string of the molecule is COc1cccc(C(C#N)(CCCN(C)C(C)c2ccc(OC)c3c2CCCN3C(C)=O)C(C)C)c1. The van der Waals surface area contributed by atoms with Crippen LogP contribution in [0, 0.1) is 17.2 Å². The second-order valence-electron chi connectivity index (χ2n) is 10.2. The van der Waals surface area contributed by atoms with Gasteiger partial charge in [0, 0.05) is 19.5 Å². The Balaban J connectivity index is 1.80. The van der Waals surface area contributed by atoms with Gasteiger partial charge in [0.1, 0.15) is 11.5 Å². The second kappa shape index (κ2) is 11.8. The predicted molar refractivity (Wildman–Crippen MR) is 145 cm³/mol. The fraction of sp³-hybridized carbons (Fsp3) is 0.533. The van der Waals surface area contributed by atoms with Crippen LogP contribution in [-0.4, -0.2) is 45.2 Å². The van der Waals surface area contributed by atoms with Crippen LogP contribution in [0.25, 0.3) is 0 Å². The van der Waals surface area contributed by atoms with Crippen LogP contribution < -0.4 is 14.4 Å². The highest BCUT2D eigenvalue weighted by Gasteiger charge is 2.36. The summed E-state index contributed by atoms with van der Waals surface area (Å²) in [6, 6.07) is 14.9. The molecular weight excluding hydrogens is 450 g/mol. The van der Waals surface area contributed by atoms with Crippen LogP contribution in [0.2, 0.25) is 0 Å². The maximum atomic E-state index is 12.3. The first-order valence-electron chi connectivity index (χ1n) is 12.9. The summed E-state index contributed by atoms with van der Waals surface area (Å²) in [5, 5.41) is 10.3. The van der Waals surface area contributed by atoms with E-state index in [0.29, 0.717) is 0 Å². The molecule has 0 saturated heterocycles. The molecule has 0 aliphatic carbocycles. The summed E-state index contributed by atoms with van der Waals surface area (Å²) < 4.78 is 11.1. The van der Waals surface area contributed by atoms with Crippen LogP contribution in [-0.2, 0) is 16.6 Å². The zero-order chi connectivity index (χ0) is 26.5. The number of rotatable bonds is 10. The number of amides is 1. The highest BCUT2D eigenvalue weighted by atomic mass is 16.5. The van der Waals surface area contributed by atoms with Gasteiger partial charge in [-0.1, -0.05) is 32.0 Å². The number of carbonyl (C=O) groups excluding carboxylic acids is 1. The van der Waals surface area contributed by atoms with Crippen molar-refractivity contribution in [2.45, 2.75) is 64.8 Å². The number of hydrogen-bond donors (Lipinski definition) is 0. The van der Waals surface area contributed by atoms with Gasteiger partial charge in [0.15, 0.2) is 0 Å². The Morgan fingerprint density at radius 3 is 2.56 bits per heavy atom. The van der Waals surface area contributed by atoms with Crippen molar-refractivity contribution >= 4 is 11.6 Å². The Kier molecular flexibility index (Phi) is 9.03. The molecule has 0 aromatic heterocycles. The third-order valence-electron chi connectivity index (χ3n) is 7.92. The molecule has 0 saturated carbocycles. The Hall–Kier alpha value is -3.04. The summed E-state index contributed by atoms with van der Waals surface area (Å²) >= 11 is 0. The summed E-state index contributed by atoms with van der Waals surface area (Å²) in [6.07, 6.45) is 3.54. The number of benzene rings is 2. The van der Waals surface area contributed by atoms with E-state index >= 15 is 0 Å². The number of nitriles is 1. The first kappa shape index (κ1) is 27.5. The molecule has 2 unspecified atom stereocenters. The average molecular weight is 492 g/mol. The smallest absolute Gasteiger partial charge is 0.223 e. The molecule has 0 radical (unpaired) electrons. The van der Waals surface area contributed by atoms with Gasteiger partial charge in [0.25, 0.3) is 0 Å². The van der Waals surface area contributed by atoms with Crippen LogP contribution >= 0.6 is 0 Å². The molecule has 2 aromatic rings. The van der Waals surface area contributed by atoms with E-state index in [-0.39, 0.29) is 17.9 Å². The zero-order valence-corrected chi connectivity index (χ0v) is 22.9. The van der Waals surface area contributed by atoms with Gasteiger partial charge in [-0.2, -0.15) is 5.26 Å². The number of anilines is 1. The number of hydrogen-bond acceptors (Lipinski definition) is 5. The van der Waals surface area contributed by atoms with Crippen LogP contribution in [0.5, 0.6) is 11.5 Å². The van der Waals surface area contributed by atoms with Crippen LogP contribution in [0.1, 0.15) is 69.7 Å². The highest BCUT2D eigenvalue weighted by molar-refractivity contribution is 5.95. The van der Waals surface area contributed by atoms with Gasteiger partial charge in [-0.15, -0.1) is 0 Å². The van der Waals surface area contributed by atoms with Crippen LogP contribution in [0.15, 0.2) is 36.4 Å². The molecular formula is C30H41N3O3. The van der Waals surface area contributed by atoms with E-state index in [9.17, 15) is 10.1 Å². The summed E-state index contributed by atoms with van der Waals surface area (Å²) in [5.41, 5.74) is 3.82. The molecule has 3 rings (SSSR count). The fourth-order valence-corrected chi connectivity index (χ4v) is 5.54. The number of nitrogens with zero attached hydrogens (tertiary/aromatic N) is 3. The summed E-state index contributed by atoms with van der Waals surface area (Å²) in [7, 11) is 5.46. The molecule has 6 heteroatoms. The van der Waals surface area contributed by atoms with Crippen molar-refractivity contribution in [3.05, 3.63) is 53.1 Å². The Labute approximate surface area is 216 Å². The lowest BCUT2D eigenvalue weighted by molar-refractivity contribution is -0.116. The van der Waals surface area contributed by atoms with Crippen molar-refractivity contribution in [1.29, 1.82) is 5.26 Å². The number of methoxy groups -OCH3 is 2. The summed E-state index contributed by atoms with van der Waals surface area (Å²) in [5.74, 6) is 1.75. The Morgan fingerprint density at radius 1 is 1.19 bits per heavy atom. The number of carbonyl (C=O) groups is 1. The number of ether oxygens (including phenoxy) is 2. The first-order valence-corrected chi connectivity index (χ1v) is 12.9. The van der Waals surface area contributed by atoms with Crippen molar-refractivity contribution in [3.8, 4) is 17.6 Å². The lowest BCUT2D eigenvalue weighted by atomic mass is 9.70. The van der Waals surface area contributed by atoms with E-state index in [0.717, 1.165) is 61.5 Å². The summed E-state index contributed by atoms with van der Waals surface area (Å²) in [6.45, 7) is 9.67. The molecule has 1 amide bonds. The Morgan fingerprint density at radius 2 is 1.94 bits per heavy atom. The predicted octanol–water partition coefficient (Wildman–Crippen LogP) is 5.89. The van der Waals surface area contributed by atoms with Crippen molar-refractivity contribution in [2.75, 3.05) is 39.3 Å². The molecule has 0 spiro atoms. The monoisotopic (exact) mass is 491 g/mol. The molecule has 6 nitrogen and oxygen atoms in total. The third-order valence-corrected chi connectivity index (χ3v) is 7.92. The minimum absolute atomic E-state index is 0.0477. The molecule has 1 aliphatic rings. The zero-order valence-electron chi connectivity index (χ0n) is 22.9. The first-order chi connectivity index (χ1) is 17.2. The maximum Gasteiger partial charge on any atom is 0.223 e. The van der Waals surface area contributed by atoms with Crippen molar-refractivity contribution in [3.63, 3.8) is 0 Å². The lowest BCUT2D eigenvalue weighted by Crippen LogP contribution is -2.35. The molecule has 0 bridgehead atoms. The maximum absolute atomic E-state index is 12.3.